The van der Waals surface area contributed by atoms with E-state index in [2.05, 4.69) is 10.3 Å². The maximum atomic E-state index is 14.6. The fourth-order valence-corrected chi connectivity index (χ4v) is 3.61. The zero-order valence-corrected chi connectivity index (χ0v) is 16.0. The molecule has 29 heavy (non-hydrogen) atoms. The minimum Gasteiger partial charge on any atom is -0.349 e. The summed E-state index contributed by atoms with van der Waals surface area (Å²) in [6.07, 6.45) is 5.73. The molecule has 1 amide bonds. The minimum absolute atomic E-state index is 0.213. The second-order valence-electron chi connectivity index (χ2n) is 7.53. The highest BCUT2D eigenvalue weighted by molar-refractivity contribution is 5.97. The van der Waals surface area contributed by atoms with Crippen LogP contribution in [0.4, 0.5) is 4.39 Å². The van der Waals surface area contributed by atoms with Gasteiger partial charge in [0.15, 0.2) is 0 Å². The third kappa shape index (κ3) is 3.29. The summed E-state index contributed by atoms with van der Waals surface area (Å²) >= 11 is 0. The number of halogens is 1. The van der Waals surface area contributed by atoms with Crippen molar-refractivity contribution in [1.29, 1.82) is 0 Å². The predicted molar refractivity (Wildman–Crippen MR) is 112 cm³/mol. The number of fused-ring (bicyclic) bond motifs is 1. The van der Waals surface area contributed by atoms with Crippen molar-refractivity contribution in [2.75, 3.05) is 0 Å². The lowest BCUT2D eigenvalue weighted by Crippen LogP contribution is -2.25. The second kappa shape index (κ2) is 6.85. The van der Waals surface area contributed by atoms with Crippen molar-refractivity contribution in [2.45, 2.75) is 25.8 Å². The summed E-state index contributed by atoms with van der Waals surface area (Å²) in [7, 11) is 0. The lowest BCUT2D eigenvalue weighted by molar-refractivity contribution is 0.0950. The molecule has 0 unspecified atom stereocenters. The van der Waals surface area contributed by atoms with E-state index < -0.39 is 0 Å². The van der Waals surface area contributed by atoms with E-state index >= 15 is 0 Å². The zero-order chi connectivity index (χ0) is 20.0. The highest BCUT2D eigenvalue weighted by atomic mass is 19.1. The van der Waals surface area contributed by atoms with Crippen molar-refractivity contribution >= 4 is 16.8 Å². The average Bonchev–Trinajstić information content (AvgIpc) is 3.45. The molecular formula is C24H20FN3O. The van der Waals surface area contributed by atoms with E-state index in [1.165, 1.54) is 6.07 Å². The lowest BCUT2D eigenvalue weighted by atomic mass is 9.96. The Balaban J connectivity index is 1.56. The van der Waals surface area contributed by atoms with Gasteiger partial charge in [0.05, 0.1) is 5.52 Å². The van der Waals surface area contributed by atoms with Crippen LogP contribution in [0.1, 0.15) is 28.8 Å². The Kier molecular flexibility index (Phi) is 4.16. The zero-order valence-electron chi connectivity index (χ0n) is 16.0. The SMILES string of the molecule is Cc1c(F)cc(C(=O)NC2CC2)cc1-c1ccc2c(ccn2-c2ccccn2)c1. The summed E-state index contributed by atoms with van der Waals surface area (Å²) in [5.41, 5.74) is 3.54. The van der Waals surface area contributed by atoms with Gasteiger partial charge in [0.1, 0.15) is 11.6 Å². The van der Waals surface area contributed by atoms with E-state index in [-0.39, 0.29) is 17.8 Å². The molecule has 0 saturated heterocycles. The number of hydrogen-bond acceptors (Lipinski definition) is 2. The van der Waals surface area contributed by atoms with E-state index in [1.54, 1.807) is 19.2 Å². The Morgan fingerprint density at radius 3 is 2.76 bits per heavy atom. The molecule has 0 spiro atoms. The molecule has 0 aliphatic heterocycles. The molecule has 5 rings (SSSR count). The van der Waals surface area contributed by atoms with Gasteiger partial charge in [-0.2, -0.15) is 0 Å². The molecule has 144 valence electrons. The van der Waals surface area contributed by atoms with E-state index in [0.717, 1.165) is 40.7 Å². The Morgan fingerprint density at radius 1 is 1.14 bits per heavy atom. The number of nitrogens with one attached hydrogen (secondary N) is 1. The number of amides is 1. The summed E-state index contributed by atoms with van der Waals surface area (Å²) in [6.45, 7) is 1.75. The summed E-state index contributed by atoms with van der Waals surface area (Å²) in [5, 5.41) is 3.96. The van der Waals surface area contributed by atoms with Crippen molar-refractivity contribution in [3.05, 3.63) is 83.9 Å². The summed E-state index contributed by atoms with van der Waals surface area (Å²) in [5.74, 6) is 0.265. The number of carbonyl (C=O) groups excluding carboxylic acids is 1. The fourth-order valence-electron chi connectivity index (χ4n) is 3.61. The Labute approximate surface area is 168 Å². The Hall–Kier alpha value is -3.47. The van der Waals surface area contributed by atoms with Crippen LogP contribution in [0.3, 0.4) is 0 Å². The number of aromatic nitrogens is 2. The van der Waals surface area contributed by atoms with Crippen LogP contribution in [0.2, 0.25) is 0 Å². The smallest absolute Gasteiger partial charge is 0.251 e. The number of hydrogen-bond donors (Lipinski definition) is 1. The van der Waals surface area contributed by atoms with Crippen molar-refractivity contribution in [1.82, 2.24) is 14.9 Å². The highest BCUT2D eigenvalue weighted by Crippen LogP contribution is 2.31. The lowest BCUT2D eigenvalue weighted by Gasteiger charge is -2.12. The number of carbonyl (C=O) groups is 1. The van der Waals surface area contributed by atoms with Crippen molar-refractivity contribution < 1.29 is 9.18 Å². The van der Waals surface area contributed by atoms with Crippen LogP contribution in [0.5, 0.6) is 0 Å². The highest BCUT2D eigenvalue weighted by Gasteiger charge is 2.24. The molecule has 2 heterocycles. The summed E-state index contributed by atoms with van der Waals surface area (Å²) < 4.78 is 16.6. The van der Waals surface area contributed by atoms with Crippen molar-refractivity contribution in [3.8, 4) is 16.9 Å². The molecule has 1 aliphatic rings. The quantitative estimate of drug-likeness (QED) is 0.535. The molecule has 2 aromatic carbocycles. The van der Waals surface area contributed by atoms with Gasteiger partial charge in [-0.3, -0.25) is 4.79 Å². The first-order valence-corrected chi connectivity index (χ1v) is 9.74. The largest absolute Gasteiger partial charge is 0.349 e. The molecule has 1 fully saturated rings. The van der Waals surface area contributed by atoms with Gasteiger partial charge in [0, 0.05) is 29.4 Å². The topological polar surface area (TPSA) is 46.9 Å². The van der Waals surface area contributed by atoms with E-state index in [4.69, 9.17) is 0 Å². The van der Waals surface area contributed by atoms with E-state index in [0.29, 0.717) is 11.1 Å². The third-order valence-electron chi connectivity index (χ3n) is 5.42. The van der Waals surface area contributed by atoms with Crippen molar-refractivity contribution in [2.24, 2.45) is 0 Å². The van der Waals surface area contributed by atoms with Crippen LogP contribution in [0.25, 0.3) is 27.8 Å². The average molecular weight is 385 g/mol. The molecular weight excluding hydrogens is 365 g/mol. The predicted octanol–water partition coefficient (Wildman–Crippen LogP) is 5.03. The van der Waals surface area contributed by atoms with Gasteiger partial charge in [0.2, 0.25) is 0 Å². The van der Waals surface area contributed by atoms with Crippen LogP contribution in [0.15, 0.2) is 67.0 Å². The first kappa shape index (κ1) is 17.6. The molecule has 0 atom stereocenters. The molecule has 1 aliphatic carbocycles. The number of benzene rings is 2. The normalized spacial score (nSPS) is 13.6. The van der Waals surface area contributed by atoms with Crippen LogP contribution >= 0.6 is 0 Å². The van der Waals surface area contributed by atoms with E-state index in [1.807, 2.05) is 53.2 Å². The van der Waals surface area contributed by atoms with Gasteiger partial charge in [-0.25, -0.2) is 9.37 Å². The van der Waals surface area contributed by atoms with Crippen LogP contribution in [-0.2, 0) is 0 Å². The molecule has 2 aromatic heterocycles. The van der Waals surface area contributed by atoms with Gasteiger partial charge in [-0.05, 0) is 78.9 Å². The van der Waals surface area contributed by atoms with Gasteiger partial charge in [-0.15, -0.1) is 0 Å². The Morgan fingerprint density at radius 2 is 2.00 bits per heavy atom. The standard InChI is InChI=1S/C24H20FN3O/c1-15-20(13-18(14-21(15)25)24(29)27-19-6-7-19)16-5-8-22-17(12-16)9-11-28(22)23-4-2-3-10-26-23/h2-5,8-14,19H,6-7H2,1H3,(H,27,29). The third-order valence-corrected chi connectivity index (χ3v) is 5.42. The molecule has 4 aromatic rings. The van der Waals surface area contributed by atoms with Gasteiger partial charge >= 0.3 is 0 Å². The van der Waals surface area contributed by atoms with Gasteiger partial charge < -0.3 is 9.88 Å². The van der Waals surface area contributed by atoms with Crippen LogP contribution in [-0.4, -0.2) is 21.5 Å². The maximum Gasteiger partial charge on any atom is 0.251 e. The summed E-state index contributed by atoms with van der Waals surface area (Å²) in [6, 6.07) is 17.2. The monoisotopic (exact) mass is 385 g/mol. The maximum absolute atomic E-state index is 14.6. The fraction of sp³-hybridized carbons (Fsp3) is 0.167. The second-order valence-corrected chi connectivity index (χ2v) is 7.53. The van der Waals surface area contributed by atoms with E-state index in [9.17, 15) is 9.18 Å². The number of rotatable bonds is 4. The summed E-state index contributed by atoms with van der Waals surface area (Å²) in [4.78, 5) is 16.8. The molecule has 1 N–H and O–H groups in total. The molecule has 4 nitrogen and oxygen atoms in total. The van der Waals surface area contributed by atoms with Crippen LogP contribution < -0.4 is 5.32 Å². The van der Waals surface area contributed by atoms with Crippen LogP contribution in [0, 0.1) is 12.7 Å². The van der Waals surface area contributed by atoms with Gasteiger partial charge in [-0.1, -0.05) is 12.1 Å². The molecule has 0 radical (unpaired) electrons. The molecule has 5 heteroatoms. The first-order valence-electron chi connectivity index (χ1n) is 9.74. The number of pyridine rings is 1. The molecule has 0 bridgehead atoms. The van der Waals surface area contributed by atoms with Crippen molar-refractivity contribution in [3.63, 3.8) is 0 Å². The minimum atomic E-state index is -0.366. The number of nitrogens with zero attached hydrogens (tertiary/aromatic N) is 2. The Bertz CT molecular complexity index is 1230. The first-order chi connectivity index (χ1) is 14.1. The molecule has 1 saturated carbocycles. The van der Waals surface area contributed by atoms with Gasteiger partial charge in [0.25, 0.3) is 5.91 Å².